The topological polar surface area (TPSA) is 59.1 Å². The minimum absolute atomic E-state index is 0.0703. The number of likely N-dealkylation sites (tertiary alicyclic amines) is 1. The Bertz CT molecular complexity index is 612. The van der Waals surface area contributed by atoms with E-state index in [2.05, 4.69) is 6.92 Å². The van der Waals surface area contributed by atoms with E-state index in [4.69, 9.17) is 9.47 Å². The molecular formula is C20H30N2O4. The fraction of sp³-hybridized carbons (Fsp3) is 0.600. The molecule has 6 nitrogen and oxygen atoms in total. The molecule has 26 heavy (non-hydrogen) atoms. The van der Waals surface area contributed by atoms with Crippen LogP contribution < -0.4 is 0 Å². The molecule has 0 aromatic heterocycles. The molecule has 6 heteroatoms. The molecule has 1 saturated heterocycles. The second kappa shape index (κ2) is 8.43. The number of ether oxygens (including phenoxy) is 2. The normalized spacial score (nSPS) is 20.0. The van der Waals surface area contributed by atoms with Gasteiger partial charge < -0.3 is 19.3 Å². The summed E-state index contributed by atoms with van der Waals surface area (Å²) in [7, 11) is 1.74. The summed E-state index contributed by atoms with van der Waals surface area (Å²) in [6.07, 6.45) is 0.174. The molecule has 144 valence electrons. The summed E-state index contributed by atoms with van der Waals surface area (Å²) in [5, 5.41) is 0. The van der Waals surface area contributed by atoms with Crippen LogP contribution in [0.25, 0.3) is 0 Å². The molecule has 1 fully saturated rings. The molecule has 0 unspecified atom stereocenters. The number of hydrogen-bond donors (Lipinski definition) is 0. The predicted molar refractivity (Wildman–Crippen MR) is 99.8 cm³/mol. The van der Waals surface area contributed by atoms with Gasteiger partial charge in [-0.25, -0.2) is 9.59 Å². The fourth-order valence-electron chi connectivity index (χ4n) is 3.12. The van der Waals surface area contributed by atoms with Gasteiger partial charge in [0, 0.05) is 20.1 Å². The SMILES string of the molecule is CC[C@@H]1CN(C(=O)OCc2ccccc2)C[C@@H]1N(C)C(=O)OC(C)(C)C. The number of hydrogen-bond acceptors (Lipinski definition) is 4. The Morgan fingerprint density at radius 3 is 2.42 bits per heavy atom. The average molecular weight is 362 g/mol. The van der Waals surface area contributed by atoms with Gasteiger partial charge in [0.2, 0.25) is 0 Å². The van der Waals surface area contributed by atoms with E-state index < -0.39 is 5.60 Å². The van der Waals surface area contributed by atoms with Gasteiger partial charge in [0.05, 0.1) is 6.04 Å². The van der Waals surface area contributed by atoms with Gasteiger partial charge >= 0.3 is 12.2 Å². The quantitative estimate of drug-likeness (QED) is 0.815. The highest BCUT2D eigenvalue weighted by atomic mass is 16.6. The lowest BCUT2D eigenvalue weighted by molar-refractivity contribution is 0.0193. The third-order valence-corrected chi connectivity index (χ3v) is 4.57. The number of likely N-dealkylation sites (N-methyl/N-ethyl adjacent to an activating group) is 1. The van der Waals surface area contributed by atoms with Crippen molar-refractivity contribution in [3.63, 3.8) is 0 Å². The van der Waals surface area contributed by atoms with Crippen LogP contribution in [-0.2, 0) is 16.1 Å². The maximum Gasteiger partial charge on any atom is 0.410 e. The third kappa shape index (κ3) is 5.38. The number of carbonyl (C=O) groups excluding carboxylic acids is 2. The van der Waals surface area contributed by atoms with Crippen molar-refractivity contribution in [1.29, 1.82) is 0 Å². The summed E-state index contributed by atoms with van der Waals surface area (Å²) in [5.41, 5.74) is 0.412. The van der Waals surface area contributed by atoms with E-state index in [9.17, 15) is 9.59 Å². The van der Waals surface area contributed by atoms with Gasteiger partial charge in [0.25, 0.3) is 0 Å². The fourth-order valence-corrected chi connectivity index (χ4v) is 3.12. The van der Waals surface area contributed by atoms with E-state index in [0.29, 0.717) is 13.1 Å². The molecular weight excluding hydrogens is 332 g/mol. The molecule has 0 spiro atoms. The smallest absolute Gasteiger partial charge is 0.410 e. The zero-order chi connectivity index (χ0) is 19.3. The second-order valence-corrected chi connectivity index (χ2v) is 7.77. The van der Waals surface area contributed by atoms with Gasteiger partial charge in [0.1, 0.15) is 12.2 Å². The monoisotopic (exact) mass is 362 g/mol. The summed E-state index contributed by atoms with van der Waals surface area (Å²) in [4.78, 5) is 28.1. The molecule has 2 atom stereocenters. The summed E-state index contributed by atoms with van der Waals surface area (Å²) < 4.78 is 10.9. The standard InChI is InChI=1S/C20H30N2O4/c1-6-16-12-22(19(24)25-14-15-10-8-7-9-11-15)13-17(16)21(5)18(23)26-20(2,3)4/h7-11,16-17H,6,12-14H2,1-5H3/t16-,17+/m1/s1. The van der Waals surface area contributed by atoms with Gasteiger partial charge in [-0.05, 0) is 38.7 Å². The van der Waals surface area contributed by atoms with Crippen LogP contribution in [0.3, 0.4) is 0 Å². The highest BCUT2D eigenvalue weighted by molar-refractivity contribution is 5.70. The summed E-state index contributed by atoms with van der Waals surface area (Å²) in [6, 6.07) is 9.53. The minimum Gasteiger partial charge on any atom is -0.445 e. The highest BCUT2D eigenvalue weighted by Crippen LogP contribution is 2.26. The first-order valence-electron chi connectivity index (χ1n) is 9.12. The highest BCUT2D eigenvalue weighted by Gasteiger charge is 2.39. The van der Waals surface area contributed by atoms with Gasteiger partial charge in [-0.1, -0.05) is 37.3 Å². The van der Waals surface area contributed by atoms with Gasteiger partial charge in [-0.15, -0.1) is 0 Å². The number of nitrogens with zero attached hydrogens (tertiary/aromatic N) is 2. The Kier molecular flexibility index (Phi) is 6.51. The Labute approximate surface area is 156 Å². The van der Waals surface area contributed by atoms with E-state index >= 15 is 0 Å². The molecule has 0 aliphatic carbocycles. The largest absolute Gasteiger partial charge is 0.445 e. The predicted octanol–water partition coefficient (Wildman–Crippen LogP) is 3.90. The molecule has 0 bridgehead atoms. The second-order valence-electron chi connectivity index (χ2n) is 7.77. The number of carbonyl (C=O) groups is 2. The van der Waals surface area contributed by atoms with E-state index in [0.717, 1.165) is 12.0 Å². The minimum atomic E-state index is -0.542. The Balaban J connectivity index is 1.94. The van der Waals surface area contributed by atoms with Crippen molar-refractivity contribution in [3.05, 3.63) is 35.9 Å². The van der Waals surface area contributed by atoms with E-state index in [1.165, 1.54) is 0 Å². The lowest BCUT2D eigenvalue weighted by Crippen LogP contribution is -2.44. The molecule has 1 aliphatic rings. The number of benzene rings is 1. The Hall–Kier alpha value is -2.24. The molecule has 1 heterocycles. The van der Waals surface area contributed by atoms with Crippen molar-refractivity contribution in [2.45, 2.75) is 52.4 Å². The summed E-state index contributed by atoms with van der Waals surface area (Å²) in [5.74, 6) is 0.205. The lowest BCUT2D eigenvalue weighted by atomic mass is 10.00. The van der Waals surface area contributed by atoms with Crippen LogP contribution in [-0.4, -0.2) is 53.8 Å². The Morgan fingerprint density at radius 2 is 1.85 bits per heavy atom. The van der Waals surface area contributed by atoms with Gasteiger partial charge in [-0.2, -0.15) is 0 Å². The van der Waals surface area contributed by atoms with Crippen LogP contribution in [0.2, 0.25) is 0 Å². The van der Waals surface area contributed by atoms with E-state index in [-0.39, 0.29) is 30.8 Å². The van der Waals surface area contributed by atoms with Crippen molar-refractivity contribution >= 4 is 12.2 Å². The van der Waals surface area contributed by atoms with Crippen molar-refractivity contribution in [1.82, 2.24) is 9.80 Å². The maximum atomic E-state index is 12.4. The first kappa shape index (κ1) is 20.1. The molecule has 1 aromatic rings. The zero-order valence-corrected chi connectivity index (χ0v) is 16.4. The van der Waals surface area contributed by atoms with Crippen LogP contribution in [0.4, 0.5) is 9.59 Å². The zero-order valence-electron chi connectivity index (χ0n) is 16.4. The summed E-state index contributed by atoms with van der Waals surface area (Å²) in [6.45, 7) is 8.90. The van der Waals surface area contributed by atoms with Crippen LogP contribution in [0.1, 0.15) is 39.7 Å². The molecule has 2 amide bonds. The van der Waals surface area contributed by atoms with Crippen molar-refractivity contribution in [2.24, 2.45) is 5.92 Å². The van der Waals surface area contributed by atoms with Crippen molar-refractivity contribution < 1.29 is 19.1 Å². The molecule has 1 aromatic carbocycles. The molecule has 0 radical (unpaired) electrons. The third-order valence-electron chi connectivity index (χ3n) is 4.57. The number of rotatable bonds is 4. The first-order chi connectivity index (χ1) is 12.2. The van der Waals surface area contributed by atoms with Crippen LogP contribution in [0, 0.1) is 5.92 Å². The number of amides is 2. The molecule has 0 N–H and O–H groups in total. The van der Waals surface area contributed by atoms with E-state index in [1.807, 2.05) is 51.1 Å². The van der Waals surface area contributed by atoms with E-state index in [1.54, 1.807) is 16.8 Å². The first-order valence-corrected chi connectivity index (χ1v) is 9.12. The van der Waals surface area contributed by atoms with Crippen molar-refractivity contribution in [3.8, 4) is 0 Å². The molecule has 0 saturated carbocycles. The van der Waals surface area contributed by atoms with Crippen LogP contribution in [0.15, 0.2) is 30.3 Å². The van der Waals surface area contributed by atoms with Crippen LogP contribution in [0.5, 0.6) is 0 Å². The van der Waals surface area contributed by atoms with Gasteiger partial charge in [0.15, 0.2) is 0 Å². The maximum absolute atomic E-state index is 12.4. The Morgan fingerprint density at radius 1 is 1.19 bits per heavy atom. The van der Waals surface area contributed by atoms with Gasteiger partial charge in [-0.3, -0.25) is 0 Å². The molecule has 2 rings (SSSR count). The summed E-state index contributed by atoms with van der Waals surface area (Å²) >= 11 is 0. The average Bonchev–Trinajstić information content (AvgIpc) is 3.02. The van der Waals surface area contributed by atoms with Crippen LogP contribution >= 0.6 is 0 Å². The molecule has 1 aliphatic heterocycles. The van der Waals surface area contributed by atoms with Crippen molar-refractivity contribution in [2.75, 3.05) is 20.1 Å². The lowest BCUT2D eigenvalue weighted by Gasteiger charge is -2.30.